The molecule has 0 spiro atoms. The Morgan fingerprint density at radius 1 is 1.28 bits per heavy atom. The quantitative estimate of drug-likeness (QED) is 0.821. The molecule has 0 bridgehead atoms. The number of benzene rings is 1. The van der Waals surface area contributed by atoms with Gasteiger partial charge in [0.25, 0.3) is 0 Å². The van der Waals surface area contributed by atoms with E-state index in [-0.39, 0.29) is 0 Å². The van der Waals surface area contributed by atoms with Crippen LogP contribution in [0.15, 0.2) is 29.2 Å². The van der Waals surface area contributed by atoms with Crippen molar-refractivity contribution >= 4 is 11.8 Å². The molecule has 1 aromatic rings. The molecule has 0 radical (unpaired) electrons. The van der Waals surface area contributed by atoms with Crippen molar-refractivity contribution in [2.24, 2.45) is 5.92 Å². The van der Waals surface area contributed by atoms with Crippen LogP contribution in [0.5, 0.6) is 0 Å². The lowest BCUT2D eigenvalue weighted by Crippen LogP contribution is -2.36. The monoisotopic (exact) mass is 263 g/mol. The second kappa shape index (κ2) is 6.63. The molecule has 2 heteroatoms. The topological polar surface area (TPSA) is 12.0 Å². The van der Waals surface area contributed by atoms with Crippen molar-refractivity contribution < 1.29 is 0 Å². The van der Waals surface area contributed by atoms with Gasteiger partial charge in [-0.15, -0.1) is 11.8 Å². The fourth-order valence-corrected chi connectivity index (χ4v) is 4.14. The lowest BCUT2D eigenvalue weighted by molar-refractivity contribution is 0.350. The molecule has 2 rings (SSSR count). The molecule has 1 aliphatic heterocycles. The fourth-order valence-electron chi connectivity index (χ4n) is 2.89. The third kappa shape index (κ3) is 3.10. The summed E-state index contributed by atoms with van der Waals surface area (Å²) in [7, 11) is 0. The van der Waals surface area contributed by atoms with Gasteiger partial charge in [0.2, 0.25) is 0 Å². The van der Waals surface area contributed by atoms with Gasteiger partial charge in [0.05, 0.1) is 0 Å². The van der Waals surface area contributed by atoms with E-state index in [1.165, 1.54) is 23.5 Å². The van der Waals surface area contributed by atoms with Crippen LogP contribution in [0, 0.1) is 5.92 Å². The van der Waals surface area contributed by atoms with Crippen molar-refractivity contribution in [3.63, 3.8) is 0 Å². The van der Waals surface area contributed by atoms with Gasteiger partial charge in [0.1, 0.15) is 0 Å². The average Bonchev–Trinajstić information content (AvgIpc) is 2.81. The van der Waals surface area contributed by atoms with Crippen LogP contribution in [0.25, 0.3) is 0 Å². The van der Waals surface area contributed by atoms with Gasteiger partial charge in [-0.1, -0.05) is 44.9 Å². The summed E-state index contributed by atoms with van der Waals surface area (Å²) in [6.07, 6.45) is 2.56. The number of thioether (sulfide) groups is 1. The Morgan fingerprint density at radius 2 is 2.00 bits per heavy atom. The number of rotatable bonds is 6. The third-order valence-corrected chi connectivity index (χ3v) is 5.49. The Balaban J connectivity index is 1.89. The van der Waals surface area contributed by atoms with Gasteiger partial charge < -0.3 is 5.32 Å². The second-order valence-corrected chi connectivity index (χ2v) is 6.38. The van der Waals surface area contributed by atoms with E-state index in [1.807, 2.05) is 11.8 Å². The van der Waals surface area contributed by atoms with E-state index >= 15 is 0 Å². The molecule has 2 unspecified atom stereocenters. The van der Waals surface area contributed by atoms with E-state index in [0.29, 0.717) is 12.0 Å². The second-order valence-electron chi connectivity index (χ2n) is 5.32. The fraction of sp³-hybridized carbons (Fsp3) is 0.625. The molecule has 1 N–H and O–H groups in total. The van der Waals surface area contributed by atoms with Crippen LogP contribution in [0.1, 0.15) is 45.1 Å². The van der Waals surface area contributed by atoms with Crippen LogP contribution in [-0.4, -0.2) is 18.3 Å². The highest BCUT2D eigenvalue weighted by molar-refractivity contribution is 7.99. The van der Waals surface area contributed by atoms with Crippen LogP contribution in [0.3, 0.4) is 0 Å². The van der Waals surface area contributed by atoms with Crippen molar-refractivity contribution in [1.29, 1.82) is 0 Å². The molecule has 2 atom stereocenters. The maximum absolute atomic E-state index is 3.75. The van der Waals surface area contributed by atoms with Crippen LogP contribution >= 0.6 is 11.8 Å². The lowest BCUT2D eigenvalue weighted by Gasteiger charge is -2.24. The maximum atomic E-state index is 3.75. The predicted octanol–water partition coefficient (Wildman–Crippen LogP) is 4.29. The molecule has 18 heavy (non-hydrogen) atoms. The highest BCUT2D eigenvalue weighted by Gasteiger charge is 2.23. The first kappa shape index (κ1) is 14.0. The van der Waals surface area contributed by atoms with Crippen LogP contribution in [0.4, 0.5) is 0 Å². The van der Waals surface area contributed by atoms with Gasteiger partial charge in [0.15, 0.2) is 0 Å². The minimum absolute atomic E-state index is 0.637. The molecule has 0 saturated carbocycles. The molecule has 1 aliphatic rings. The summed E-state index contributed by atoms with van der Waals surface area (Å²) in [5.74, 6) is 2.75. The van der Waals surface area contributed by atoms with Gasteiger partial charge in [-0.3, -0.25) is 0 Å². The molecule has 1 heterocycles. The summed E-state index contributed by atoms with van der Waals surface area (Å²) in [4.78, 5) is 1.49. The Bertz CT molecular complexity index is 373. The summed E-state index contributed by atoms with van der Waals surface area (Å²) >= 11 is 2.01. The zero-order valence-corrected chi connectivity index (χ0v) is 12.6. The van der Waals surface area contributed by atoms with Crippen molar-refractivity contribution in [2.75, 3.05) is 12.3 Å². The first-order chi connectivity index (χ1) is 8.76. The lowest BCUT2D eigenvalue weighted by atomic mass is 9.94. The van der Waals surface area contributed by atoms with Crippen LogP contribution in [-0.2, 0) is 0 Å². The molecular weight excluding hydrogens is 238 g/mol. The maximum Gasteiger partial charge on any atom is 0.0108 e. The van der Waals surface area contributed by atoms with Crippen LogP contribution < -0.4 is 5.32 Å². The smallest absolute Gasteiger partial charge is 0.0108 e. The number of hydrogen-bond donors (Lipinski definition) is 1. The zero-order chi connectivity index (χ0) is 13.0. The molecule has 100 valence electrons. The van der Waals surface area contributed by atoms with Crippen molar-refractivity contribution in [3.05, 3.63) is 29.8 Å². The summed E-state index contributed by atoms with van der Waals surface area (Å²) in [5, 5.41) is 3.75. The van der Waals surface area contributed by atoms with Gasteiger partial charge in [-0.2, -0.15) is 0 Å². The number of fused-ring (bicyclic) bond motifs is 1. The highest BCUT2D eigenvalue weighted by Crippen LogP contribution is 2.38. The van der Waals surface area contributed by atoms with Crippen molar-refractivity contribution in [1.82, 2.24) is 5.32 Å². The molecule has 0 aromatic heterocycles. The van der Waals surface area contributed by atoms with Crippen LogP contribution in [0.2, 0.25) is 0 Å². The minimum atomic E-state index is 0.637. The minimum Gasteiger partial charge on any atom is -0.313 e. The first-order valence-corrected chi connectivity index (χ1v) is 8.19. The van der Waals surface area contributed by atoms with E-state index < -0.39 is 0 Å². The highest BCUT2D eigenvalue weighted by atomic mass is 32.2. The van der Waals surface area contributed by atoms with E-state index in [2.05, 4.69) is 50.4 Å². The molecule has 1 nitrogen and oxygen atoms in total. The van der Waals surface area contributed by atoms with Gasteiger partial charge in [0, 0.05) is 29.2 Å². The van der Waals surface area contributed by atoms with Gasteiger partial charge >= 0.3 is 0 Å². The largest absolute Gasteiger partial charge is 0.313 e. The van der Waals surface area contributed by atoms with E-state index in [9.17, 15) is 0 Å². The Hall–Kier alpha value is -0.470. The summed E-state index contributed by atoms with van der Waals surface area (Å²) in [6, 6.07) is 9.50. The molecule has 0 aliphatic carbocycles. The van der Waals surface area contributed by atoms with E-state index in [0.717, 1.165) is 12.5 Å². The first-order valence-electron chi connectivity index (χ1n) is 7.21. The average molecular weight is 263 g/mol. The van der Waals surface area contributed by atoms with Crippen molar-refractivity contribution in [2.45, 2.75) is 50.5 Å². The third-order valence-electron chi connectivity index (χ3n) is 4.24. The van der Waals surface area contributed by atoms with E-state index in [4.69, 9.17) is 0 Å². The normalized spacial score (nSPS) is 20.1. The molecule has 0 saturated heterocycles. The summed E-state index contributed by atoms with van der Waals surface area (Å²) in [6.45, 7) is 8.06. The zero-order valence-electron chi connectivity index (χ0n) is 11.8. The van der Waals surface area contributed by atoms with Gasteiger partial charge in [-0.05, 0) is 24.5 Å². The molecule has 0 fully saturated rings. The Morgan fingerprint density at radius 3 is 2.72 bits per heavy atom. The Labute approximate surface area is 116 Å². The Kier molecular flexibility index (Phi) is 5.13. The standard InChI is InChI=1S/C16H25NS/c1-4-13(5-2)12(3)17-10-14-11-18-16-9-7-6-8-15(14)16/h6-9,12-14,17H,4-5,10-11H2,1-3H3. The number of hydrogen-bond acceptors (Lipinski definition) is 2. The number of nitrogens with one attached hydrogen (secondary N) is 1. The van der Waals surface area contributed by atoms with Crippen molar-refractivity contribution in [3.8, 4) is 0 Å². The van der Waals surface area contributed by atoms with E-state index in [1.54, 1.807) is 5.56 Å². The SMILES string of the molecule is CCC(CC)C(C)NCC1CSc2ccccc21. The predicted molar refractivity (Wildman–Crippen MR) is 81.4 cm³/mol. The summed E-state index contributed by atoms with van der Waals surface area (Å²) < 4.78 is 0. The summed E-state index contributed by atoms with van der Waals surface area (Å²) in [5.41, 5.74) is 1.55. The molecule has 1 aromatic carbocycles. The molecular formula is C16H25NS. The molecule has 0 amide bonds. The van der Waals surface area contributed by atoms with Gasteiger partial charge in [-0.25, -0.2) is 0 Å².